The number of nitrogens with zero attached hydrogens (tertiary/aromatic N) is 2. The van der Waals surface area contributed by atoms with Gasteiger partial charge in [0.05, 0.1) is 23.2 Å². The van der Waals surface area contributed by atoms with Crippen LogP contribution in [0, 0.1) is 20.8 Å². The van der Waals surface area contributed by atoms with Gasteiger partial charge in [-0.25, -0.2) is 13.1 Å². The Labute approximate surface area is 151 Å². The van der Waals surface area contributed by atoms with Crippen LogP contribution < -0.4 is 5.32 Å². The second-order valence-electron chi connectivity index (χ2n) is 6.81. The minimum Gasteiger partial charge on any atom is -0.354 e. The van der Waals surface area contributed by atoms with E-state index in [1.54, 1.807) is 31.5 Å². The number of ketones is 1. The van der Waals surface area contributed by atoms with Gasteiger partial charge in [0.2, 0.25) is 0 Å². The summed E-state index contributed by atoms with van der Waals surface area (Å²) in [4.78, 5) is 27.4. The monoisotopic (exact) mass is 378 g/mol. The van der Waals surface area contributed by atoms with Crippen LogP contribution in [-0.4, -0.2) is 46.4 Å². The van der Waals surface area contributed by atoms with E-state index < -0.39 is 9.84 Å². The third-order valence-corrected chi connectivity index (χ3v) is 6.42. The molecule has 1 fully saturated rings. The van der Waals surface area contributed by atoms with Gasteiger partial charge in [0, 0.05) is 17.3 Å². The number of amides is 1. The quantitative estimate of drug-likeness (QED) is 0.789. The summed E-state index contributed by atoms with van der Waals surface area (Å²) in [6.07, 6.45) is 0.474. The predicted molar refractivity (Wildman–Crippen MR) is 97.5 cm³/mol. The number of aryl methyl sites for hydroxylation is 2. The Kier molecular flexibility index (Phi) is 4.51. The van der Waals surface area contributed by atoms with Gasteiger partial charge in [0.25, 0.3) is 5.91 Å². The first-order valence-electron chi connectivity index (χ1n) is 8.37. The standard InChI is InChI=1S/C17H22N4O4S/c1-9-7-14(21(20-9)13-5-6-26(24,25)8-13)19-17(23)16-10(2)15(12(4)22)11(3)18-16/h7,13,18H,5-6,8H2,1-4H3,(H,19,23)/t13-/m0/s1. The molecule has 2 aromatic heterocycles. The largest absolute Gasteiger partial charge is 0.354 e. The number of carbonyl (C=O) groups is 2. The normalized spacial score (nSPS) is 18.8. The van der Waals surface area contributed by atoms with Crippen molar-refractivity contribution in [1.29, 1.82) is 0 Å². The molecule has 3 rings (SSSR count). The molecule has 0 radical (unpaired) electrons. The van der Waals surface area contributed by atoms with Crippen molar-refractivity contribution in [3.8, 4) is 0 Å². The Bertz CT molecular complexity index is 1000. The molecule has 2 aromatic rings. The molecular formula is C17H22N4O4S. The van der Waals surface area contributed by atoms with Crippen LogP contribution in [0.4, 0.5) is 5.82 Å². The summed E-state index contributed by atoms with van der Waals surface area (Å²) >= 11 is 0. The van der Waals surface area contributed by atoms with Crippen LogP contribution in [0.1, 0.15) is 57.2 Å². The molecule has 1 aliphatic rings. The lowest BCUT2D eigenvalue weighted by Gasteiger charge is -2.13. The first-order chi connectivity index (χ1) is 12.1. The van der Waals surface area contributed by atoms with Crippen molar-refractivity contribution in [3.63, 3.8) is 0 Å². The van der Waals surface area contributed by atoms with E-state index in [1.165, 1.54) is 6.92 Å². The maximum Gasteiger partial charge on any atom is 0.273 e. The zero-order chi connectivity index (χ0) is 19.2. The van der Waals surface area contributed by atoms with Gasteiger partial charge in [-0.2, -0.15) is 5.10 Å². The molecule has 0 unspecified atom stereocenters. The topological polar surface area (TPSA) is 114 Å². The lowest BCUT2D eigenvalue weighted by molar-refractivity contribution is 0.101. The number of aromatic nitrogens is 3. The molecule has 26 heavy (non-hydrogen) atoms. The van der Waals surface area contributed by atoms with Gasteiger partial charge in [0.1, 0.15) is 11.5 Å². The van der Waals surface area contributed by atoms with E-state index in [1.807, 2.05) is 0 Å². The smallest absolute Gasteiger partial charge is 0.273 e. The molecule has 3 heterocycles. The van der Waals surface area contributed by atoms with E-state index in [0.717, 1.165) is 0 Å². The van der Waals surface area contributed by atoms with Gasteiger partial charge in [-0.15, -0.1) is 0 Å². The van der Waals surface area contributed by atoms with Crippen molar-refractivity contribution in [3.05, 3.63) is 34.3 Å². The molecule has 0 saturated carbocycles. The van der Waals surface area contributed by atoms with E-state index in [2.05, 4.69) is 15.4 Å². The van der Waals surface area contributed by atoms with Crippen LogP contribution in [0.25, 0.3) is 0 Å². The highest BCUT2D eigenvalue weighted by atomic mass is 32.2. The number of nitrogens with one attached hydrogen (secondary N) is 2. The molecular weight excluding hydrogens is 356 g/mol. The van der Waals surface area contributed by atoms with E-state index in [-0.39, 0.29) is 29.2 Å². The van der Waals surface area contributed by atoms with Gasteiger partial charge >= 0.3 is 0 Å². The molecule has 8 nitrogen and oxygen atoms in total. The van der Waals surface area contributed by atoms with Gasteiger partial charge in [-0.05, 0) is 39.7 Å². The van der Waals surface area contributed by atoms with Crippen LogP contribution in [0.5, 0.6) is 0 Å². The fourth-order valence-corrected chi connectivity index (χ4v) is 5.23. The van der Waals surface area contributed by atoms with E-state index in [0.29, 0.717) is 40.4 Å². The summed E-state index contributed by atoms with van der Waals surface area (Å²) in [5.74, 6) is 0.102. The predicted octanol–water partition coefficient (Wildman–Crippen LogP) is 1.95. The van der Waals surface area contributed by atoms with Crippen LogP contribution >= 0.6 is 0 Å². The summed E-state index contributed by atoms with van der Waals surface area (Å²) in [6.45, 7) is 6.72. The van der Waals surface area contributed by atoms with E-state index in [4.69, 9.17) is 0 Å². The number of carbonyl (C=O) groups excluding carboxylic acids is 2. The number of aromatic amines is 1. The lowest BCUT2D eigenvalue weighted by atomic mass is 10.1. The fourth-order valence-electron chi connectivity index (χ4n) is 3.54. The minimum atomic E-state index is -3.07. The molecule has 0 spiro atoms. The Hall–Kier alpha value is -2.42. The first kappa shape index (κ1) is 18.4. The number of rotatable bonds is 4. The molecule has 140 valence electrons. The molecule has 2 N–H and O–H groups in total. The Morgan fingerprint density at radius 1 is 1.31 bits per heavy atom. The second kappa shape index (κ2) is 6.39. The number of hydrogen-bond acceptors (Lipinski definition) is 5. The van der Waals surface area contributed by atoms with E-state index >= 15 is 0 Å². The molecule has 0 aliphatic carbocycles. The lowest BCUT2D eigenvalue weighted by Crippen LogP contribution is -2.20. The SMILES string of the molecule is CC(=O)c1c(C)[nH]c(C(=O)Nc2cc(C)nn2[C@H]2CCS(=O)(=O)C2)c1C. The maximum atomic E-state index is 12.7. The van der Waals surface area contributed by atoms with Crippen molar-refractivity contribution in [2.45, 2.75) is 40.2 Å². The highest BCUT2D eigenvalue weighted by Crippen LogP contribution is 2.28. The Morgan fingerprint density at radius 3 is 2.54 bits per heavy atom. The number of Topliss-reactive ketones (excluding diaryl/α,β-unsaturated/α-hetero) is 1. The number of hydrogen-bond donors (Lipinski definition) is 2. The van der Waals surface area contributed by atoms with Crippen LogP contribution in [0.15, 0.2) is 6.07 Å². The number of sulfone groups is 1. The van der Waals surface area contributed by atoms with Crippen molar-refractivity contribution in [2.24, 2.45) is 0 Å². The van der Waals surface area contributed by atoms with E-state index in [9.17, 15) is 18.0 Å². The summed E-state index contributed by atoms with van der Waals surface area (Å²) in [6, 6.07) is 1.42. The van der Waals surface area contributed by atoms with Gasteiger partial charge in [-0.1, -0.05) is 0 Å². The van der Waals surface area contributed by atoms with Gasteiger partial charge in [0.15, 0.2) is 15.6 Å². The fraction of sp³-hybridized carbons (Fsp3) is 0.471. The van der Waals surface area contributed by atoms with Gasteiger partial charge in [-0.3, -0.25) is 9.59 Å². The Morgan fingerprint density at radius 2 is 2.00 bits per heavy atom. The van der Waals surface area contributed by atoms with Gasteiger partial charge < -0.3 is 10.3 Å². The highest BCUT2D eigenvalue weighted by Gasteiger charge is 2.31. The third kappa shape index (κ3) is 3.31. The molecule has 9 heteroatoms. The number of anilines is 1. The van der Waals surface area contributed by atoms with Crippen LogP contribution in [0.2, 0.25) is 0 Å². The summed E-state index contributed by atoms with van der Waals surface area (Å²) in [5.41, 5.74) is 2.76. The average Bonchev–Trinajstić information content (AvgIpc) is 3.14. The zero-order valence-corrected chi connectivity index (χ0v) is 16.0. The minimum absolute atomic E-state index is 0.0200. The van der Waals surface area contributed by atoms with Crippen LogP contribution in [0.3, 0.4) is 0 Å². The second-order valence-corrected chi connectivity index (χ2v) is 9.04. The Balaban J connectivity index is 1.90. The molecule has 0 bridgehead atoms. The summed E-state index contributed by atoms with van der Waals surface area (Å²) in [5, 5.41) is 7.15. The maximum absolute atomic E-state index is 12.7. The molecule has 1 atom stereocenters. The third-order valence-electron chi connectivity index (χ3n) is 4.67. The summed E-state index contributed by atoms with van der Waals surface area (Å²) in [7, 11) is -3.07. The van der Waals surface area contributed by atoms with Crippen molar-refractivity contribution >= 4 is 27.3 Å². The van der Waals surface area contributed by atoms with Crippen molar-refractivity contribution in [1.82, 2.24) is 14.8 Å². The average molecular weight is 378 g/mol. The summed E-state index contributed by atoms with van der Waals surface area (Å²) < 4.78 is 25.1. The molecule has 1 saturated heterocycles. The molecule has 1 amide bonds. The van der Waals surface area contributed by atoms with Crippen LogP contribution in [-0.2, 0) is 9.84 Å². The molecule has 1 aliphatic heterocycles. The number of H-pyrrole nitrogens is 1. The molecule has 0 aromatic carbocycles. The van der Waals surface area contributed by atoms with Crippen molar-refractivity contribution < 1.29 is 18.0 Å². The van der Waals surface area contributed by atoms with Crippen molar-refractivity contribution in [2.75, 3.05) is 16.8 Å². The highest BCUT2D eigenvalue weighted by molar-refractivity contribution is 7.91. The zero-order valence-electron chi connectivity index (χ0n) is 15.2. The first-order valence-corrected chi connectivity index (χ1v) is 10.2.